The Morgan fingerprint density at radius 2 is 1.81 bits per heavy atom. The van der Waals surface area contributed by atoms with Crippen molar-refractivity contribution in [1.29, 1.82) is 0 Å². The van der Waals surface area contributed by atoms with Gasteiger partial charge in [0.15, 0.2) is 0 Å². The highest BCUT2D eigenvalue weighted by molar-refractivity contribution is 6.09. The molecule has 3 saturated heterocycles. The Kier molecular flexibility index (Phi) is 11.4. The van der Waals surface area contributed by atoms with Crippen LogP contribution in [0.2, 0.25) is 0 Å². The fourth-order valence-corrected chi connectivity index (χ4v) is 6.56. The van der Waals surface area contributed by atoms with Crippen molar-refractivity contribution in [2.75, 3.05) is 26.2 Å². The molecule has 3 fully saturated rings. The van der Waals surface area contributed by atoms with Crippen LogP contribution in [0.15, 0.2) is 58.5 Å². The molecule has 2 amide bonds. The first-order valence-electron chi connectivity index (χ1n) is 16.1. The van der Waals surface area contributed by atoms with Crippen LogP contribution in [0.1, 0.15) is 91.5 Å². The van der Waals surface area contributed by atoms with E-state index in [-0.39, 0.29) is 23.4 Å². The standard InChI is InChI=1S/C35H48F2N4O2/c1-6-12-31-33(27(7-2)28-15-14-25(36)21-30(28)37)29(34(42)39-31)22-32(38-23(3)4)24(5)35(43)41-19-11-13-26(16-20-41)40-17-9-8-10-18-40/h12,14-15,21-23,26,38H,6-11,13,16-20H2,1-5H3,(H,39,42)/b29-22-,31-12+,32-24+,33-27+. The van der Waals surface area contributed by atoms with Crippen LogP contribution in [0, 0.1) is 11.6 Å². The molecular weight excluding hydrogens is 546 g/mol. The molecule has 0 aliphatic carbocycles. The summed E-state index contributed by atoms with van der Waals surface area (Å²) < 4.78 is 28.8. The zero-order valence-electron chi connectivity index (χ0n) is 26.5. The molecule has 1 atom stereocenters. The molecule has 0 saturated carbocycles. The quantitative estimate of drug-likeness (QED) is 0.332. The van der Waals surface area contributed by atoms with E-state index in [0.717, 1.165) is 38.4 Å². The van der Waals surface area contributed by atoms with Crippen LogP contribution in [-0.2, 0) is 9.59 Å². The monoisotopic (exact) mass is 594 g/mol. The molecule has 3 aliphatic heterocycles. The molecule has 1 aromatic carbocycles. The van der Waals surface area contributed by atoms with Gasteiger partial charge in [0.1, 0.15) is 11.6 Å². The van der Waals surface area contributed by atoms with E-state index in [9.17, 15) is 14.0 Å². The number of carbonyl (C=O) groups excluding carboxylic acids is 2. The van der Waals surface area contributed by atoms with Crippen LogP contribution in [0.4, 0.5) is 8.78 Å². The molecule has 1 unspecified atom stereocenters. The van der Waals surface area contributed by atoms with Crippen molar-refractivity contribution in [1.82, 2.24) is 20.4 Å². The molecule has 43 heavy (non-hydrogen) atoms. The highest BCUT2D eigenvalue weighted by Gasteiger charge is 2.32. The summed E-state index contributed by atoms with van der Waals surface area (Å²) in [6.45, 7) is 13.4. The lowest BCUT2D eigenvalue weighted by Gasteiger charge is -2.34. The summed E-state index contributed by atoms with van der Waals surface area (Å²) >= 11 is 0. The maximum atomic E-state index is 15.0. The summed E-state index contributed by atoms with van der Waals surface area (Å²) in [5.74, 6) is -1.68. The maximum absolute atomic E-state index is 15.0. The molecular formula is C35H48F2N4O2. The van der Waals surface area contributed by atoms with Crippen molar-refractivity contribution in [3.63, 3.8) is 0 Å². The lowest BCUT2D eigenvalue weighted by Crippen LogP contribution is -2.40. The first-order chi connectivity index (χ1) is 20.6. The van der Waals surface area contributed by atoms with Gasteiger partial charge in [0, 0.05) is 59.3 Å². The Bertz CT molecular complexity index is 1320. The van der Waals surface area contributed by atoms with Crippen LogP contribution in [0.5, 0.6) is 0 Å². The van der Waals surface area contributed by atoms with Gasteiger partial charge >= 0.3 is 0 Å². The van der Waals surface area contributed by atoms with Gasteiger partial charge in [-0.15, -0.1) is 0 Å². The Balaban J connectivity index is 1.73. The van der Waals surface area contributed by atoms with Crippen molar-refractivity contribution in [2.45, 2.75) is 98.1 Å². The largest absolute Gasteiger partial charge is 0.382 e. The average Bonchev–Trinajstić information content (AvgIpc) is 3.13. The van der Waals surface area contributed by atoms with Crippen molar-refractivity contribution in [3.8, 4) is 0 Å². The zero-order valence-corrected chi connectivity index (χ0v) is 26.5. The van der Waals surface area contributed by atoms with Crippen LogP contribution < -0.4 is 10.6 Å². The second-order valence-electron chi connectivity index (χ2n) is 12.2. The molecule has 0 radical (unpaired) electrons. The smallest absolute Gasteiger partial charge is 0.256 e. The predicted octanol–water partition coefficient (Wildman–Crippen LogP) is 6.62. The highest BCUT2D eigenvalue weighted by atomic mass is 19.1. The van der Waals surface area contributed by atoms with E-state index < -0.39 is 11.6 Å². The zero-order chi connectivity index (χ0) is 31.1. The number of rotatable bonds is 8. The molecule has 3 heterocycles. The van der Waals surface area contributed by atoms with Gasteiger partial charge in [-0.1, -0.05) is 26.3 Å². The van der Waals surface area contributed by atoms with Crippen LogP contribution in [0.3, 0.4) is 0 Å². The van der Waals surface area contributed by atoms with Gasteiger partial charge in [-0.05, 0) is 103 Å². The van der Waals surface area contributed by atoms with Gasteiger partial charge in [-0.2, -0.15) is 0 Å². The third-order valence-corrected chi connectivity index (χ3v) is 8.70. The first-order valence-corrected chi connectivity index (χ1v) is 16.1. The number of carbonyl (C=O) groups is 2. The molecule has 2 N–H and O–H groups in total. The summed E-state index contributed by atoms with van der Waals surface area (Å²) in [5.41, 5.74) is 3.52. The number of allylic oxidation sites excluding steroid dienone is 4. The van der Waals surface area contributed by atoms with E-state index in [4.69, 9.17) is 0 Å². The minimum absolute atomic E-state index is 0.00459. The molecule has 4 rings (SSSR count). The third kappa shape index (κ3) is 7.83. The fourth-order valence-electron chi connectivity index (χ4n) is 6.56. The number of hydrogen-bond acceptors (Lipinski definition) is 4. The normalized spacial score (nSPS) is 23.9. The lowest BCUT2D eigenvalue weighted by atomic mass is 9.91. The summed E-state index contributed by atoms with van der Waals surface area (Å²) in [4.78, 5) is 31.9. The fraction of sp³-hybridized carbons (Fsp3) is 0.543. The predicted molar refractivity (Wildman–Crippen MR) is 169 cm³/mol. The van der Waals surface area contributed by atoms with E-state index >= 15 is 4.39 Å². The van der Waals surface area contributed by atoms with Gasteiger partial charge in [0.2, 0.25) is 0 Å². The molecule has 6 nitrogen and oxygen atoms in total. The number of benzene rings is 1. The molecule has 0 spiro atoms. The van der Waals surface area contributed by atoms with Gasteiger partial charge < -0.3 is 20.4 Å². The Morgan fingerprint density at radius 1 is 1.07 bits per heavy atom. The average molecular weight is 595 g/mol. The molecule has 234 valence electrons. The molecule has 0 aromatic heterocycles. The number of amides is 2. The topological polar surface area (TPSA) is 64.7 Å². The minimum atomic E-state index is -0.676. The highest BCUT2D eigenvalue weighted by Crippen LogP contribution is 2.37. The Hall–Kier alpha value is -3.26. The van der Waals surface area contributed by atoms with Gasteiger partial charge in [-0.3, -0.25) is 9.59 Å². The molecule has 8 heteroatoms. The van der Waals surface area contributed by atoms with Crippen molar-refractivity contribution in [3.05, 3.63) is 75.7 Å². The number of nitrogens with zero attached hydrogens (tertiary/aromatic N) is 2. The molecule has 3 aliphatic rings. The summed E-state index contributed by atoms with van der Waals surface area (Å²) in [6, 6.07) is 4.06. The lowest BCUT2D eigenvalue weighted by molar-refractivity contribution is -0.127. The van der Waals surface area contributed by atoms with Crippen molar-refractivity contribution in [2.24, 2.45) is 0 Å². The van der Waals surface area contributed by atoms with Crippen LogP contribution >= 0.6 is 0 Å². The van der Waals surface area contributed by atoms with E-state index in [2.05, 4.69) is 15.5 Å². The summed E-state index contributed by atoms with van der Waals surface area (Å²) in [6.07, 6.45) is 11.6. The summed E-state index contributed by atoms with van der Waals surface area (Å²) in [5, 5.41) is 6.36. The van der Waals surface area contributed by atoms with Crippen molar-refractivity contribution >= 4 is 17.4 Å². The molecule has 1 aromatic rings. The second kappa shape index (κ2) is 15.0. The van der Waals surface area contributed by atoms with Gasteiger partial charge in [0.25, 0.3) is 11.8 Å². The second-order valence-corrected chi connectivity index (χ2v) is 12.2. The van der Waals surface area contributed by atoms with Gasteiger partial charge in [-0.25, -0.2) is 8.78 Å². The molecule has 0 bridgehead atoms. The number of likely N-dealkylation sites (tertiary alicyclic amines) is 2. The van der Waals surface area contributed by atoms with E-state index in [1.54, 1.807) is 6.08 Å². The van der Waals surface area contributed by atoms with E-state index in [0.29, 0.717) is 65.7 Å². The number of nitrogens with one attached hydrogen (secondary N) is 2. The maximum Gasteiger partial charge on any atom is 0.256 e. The van der Waals surface area contributed by atoms with Gasteiger partial charge in [0.05, 0.1) is 5.57 Å². The van der Waals surface area contributed by atoms with E-state index in [1.165, 1.54) is 31.4 Å². The van der Waals surface area contributed by atoms with E-state index in [1.807, 2.05) is 45.6 Å². The number of hydrogen-bond donors (Lipinski definition) is 2. The third-order valence-electron chi connectivity index (χ3n) is 8.70. The van der Waals surface area contributed by atoms with Crippen molar-refractivity contribution < 1.29 is 18.4 Å². The number of piperidine rings is 1. The summed E-state index contributed by atoms with van der Waals surface area (Å²) in [7, 11) is 0. The Labute approximate surface area is 256 Å². The first kappa shape index (κ1) is 32.6. The van der Waals surface area contributed by atoms with Crippen LogP contribution in [-0.4, -0.2) is 59.9 Å². The van der Waals surface area contributed by atoms with Crippen LogP contribution in [0.25, 0.3) is 5.57 Å². The minimum Gasteiger partial charge on any atom is -0.382 e. The SMILES string of the molecule is CC/C=C1/NC(=O)C(=C\C(NC(C)C)=C(\C)C(=O)N2CCCC(N3CCCCC3)CC2)/C1=C(/CC)c1ccc(F)cc1F. The number of halogens is 2. The Morgan fingerprint density at radius 3 is 2.47 bits per heavy atom.